The average Bonchev–Trinajstić information content (AvgIpc) is 2.37. The molecule has 0 fully saturated rings. The van der Waals surface area contributed by atoms with E-state index >= 15 is 0 Å². The smallest absolute Gasteiger partial charge is 0.406 e. The molecule has 1 aromatic rings. The second-order valence-electron chi connectivity index (χ2n) is 4.93. The molecular formula is C14H20F3NO2S. The number of rotatable bonds is 7. The van der Waals surface area contributed by atoms with Gasteiger partial charge in [-0.15, -0.1) is 13.2 Å². The molecule has 1 rings (SSSR count). The lowest BCUT2D eigenvalue weighted by Gasteiger charge is -2.17. The van der Waals surface area contributed by atoms with E-state index in [4.69, 9.17) is 4.78 Å². The van der Waals surface area contributed by atoms with Gasteiger partial charge in [-0.05, 0) is 31.5 Å². The van der Waals surface area contributed by atoms with Crippen LogP contribution in [0.5, 0.6) is 5.75 Å². The highest BCUT2D eigenvalue weighted by Crippen LogP contribution is 2.27. The lowest BCUT2D eigenvalue weighted by molar-refractivity contribution is -0.274. The van der Waals surface area contributed by atoms with Crippen LogP contribution in [-0.4, -0.2) is 15.8 Å². The summed E-state index contributed by atoms with van der Waals surface area (Å²) in [5.74, 6) is -0.444. The maximum absolute atomic E-state index is 12.5. The quantitative estimate of drug-likeness (QED) is 0.721. The summed E-state index contributed by atoms with van der Waals surface area (Å²) in [6.07, 6.45) is -1.33. The number of hydrogen-bond donors (Lipinski definition) is 1. The van der Waals surface area contributed by atoms with E-state index in [1.54, 1.807) is 6.92 Å². The Hall–Kier alpha value is -1.24. The number of halogens is 3. The van der Waals surface area contributed by atoms with E-state index in [-0.39, 0.29) is 4.90 Å². The van der Waals surface area contributed by atoms with Crippen molar-refractivity contribution in [2.75, 3.05) is 0 Å². The minimum atomic E-state index is -4.80. The molecule has 0 amide bonds. The first-order chi connectivity index (χ1) is 9.66. The molecule has 0 aliphatic heterocycles. The molecular weight excluding hydrogens is 303 g/mol. The molecule has 3 nitrogen and oxygen atoms in total. The van der Waals surface area contributed by atoms with Crippen LogP contribution in [0.4, 0.5) is 13.2 Å². The van der Waals surface area contributed by atoms with E-state index in [1.165, 1.54) is 12.1 Å². The summed E-state index contributed by atoms with van der Waals surface area (Å²) in [7, 11) is -3.14. The molecule has 0 aliphatic rings. The fraction of sp³-hybridized carbons (Fsp3) is 0.571. The lowest BCUT2D eigenvalue weighted by atomic mass is 10.2. The van der Waals surface area contributed by atoms with Crippen LogP contribution in [0.3, 0.4) is 0 Å². The van der Waals surface area contributed by atoms with Crippen LogP contribution in [0, 0.1) is 4.78 Å². The summed E-state index contributed by atoms with van der Waals surface area (Å²) in [6.45, 7) is 3.74. The zero-order chi connectivity index (χ0) is 16.1. The number of nitrogens with one attached hydrogen (secondary N) is 1. The first-order valence-electron chi connectivity index (χ1n) is 6.80. The third kappa shape index (κ3) is 5.57. The highest BCUT2D eigenvalue weighted by Gasteiger charge is 2.31. The SMILES string of the molecule is CCCCCC(C)S(=N)(=O)c1cccc(OC(F)(F)F)c1. The van der Waals surface area contributed by atoms with E-state index in [9.17, 15) is 17.4 Å². The number of alkyl halides is 3. The van der Waals surface area contributed by atoms with Gasteiger partial charge in [0, 0.05) is 5.25 Å². The van der Waals surface area contributed by atoms with E-state index in [0.717, 1.165) is 31.4 Å². The van der Waals surface area contributed by atoms with Crippen LogP contribution in [-0.2, 0) is 9.73 Å². The Bertz CT molecular complexity index is 556. The van der Waals surface area contributed by atoms with Gasteiger partial charge in [0.25, 0.3) is 0 Å². The van der Waals surface area contributed by atoms with Gasteiger partial charge in [-0.25, -0.2) is 8.99 Å². The summed E-state index contributed by atoms with van der Waals surface area (Å²) in [6, 6.07) is 4.91. The van der Waals surface area contributed by atoms with E-state index in [0.29, 0.717) is 6.42 Å². The summed E-state index contributed by atoms with van der Waals surface area (Å²) in [5.41, 5.74) is 0. The molecule has 0 aliphatic carbocycles. The number of hydrogen-bond acceptors (Lipinski definition) is 3. The van der Waals surface area contributed by atoms with Crippen LogP contribution in [0.2, 0.25) is 0 Å². The third-order valence-electron chi connectivity index (χ3n) is 3.17. The second-order valence-corrected chi connectivity index (χ2v) is 7.41. The van der Waals surface area contributed by atoms with Crippen LogP contribution < -0.4 is 4.74 Å². The summed E-state index contributed by atoms with van der Waals surface area (Å²) in [4.78, 5) is 0.0771. The standard InChI is InChI=1S/C14H20F3NO2S/c1-3-4-5-7-11(2)21(18,19)13-9-6-8-12(10-13)20-14(15,16)17/h6,8-11,18H,3-5,7H2,1-2H3. The minimum Gasteiger partial charge on any atom is -0.406 e. The van der Waals surface area contributed by atoms with Crippen molar-refractivity contribution >= 4 is 9.73 Å². The van der Waals surface area contributed by atoms with Crippen molar-refractivity contribution in [3.63, 3.8) is 0 Å². The van der Waals surface area contributed by atoms with Gasteiger partial charge < -0.3 is 4.74 Å². The van der Waals surface area contributed by atoms with E-state index in [1.807, 2.05) is 6.92 Å². The van der Waals surface area contributed by atoms with Crippen molar-refractivity contribution in [1.29, 1.82) is 4.78 Å². The molecule has 0 spiro atoms. The van der Waals surface area contributed by atoms with Gasteiger partial charge in [-0.1, -0.05) is 32.3 Å². The Morgan fingerprint density at radius 2 is 2.00 bits per heavy atom. The minimum absolute atomic E-state index is 0.0771. The molecule has 21 heavy (non-hydrogen) atoms. The molecule has 1 N–H and O–H groups in total. The zero-order valence-corrected chi connectivity index (χ0v) is 12.9. The molecule has 0 radical (unpaired) electrons. The molecule has 0 aromatic heterocycles. The Morgan fingerprint density at radius 3 is 2.57 bits per heavy atom. The summed E-state index contributed by atoms with van der Waals surface area (Å²) >= 11 is 0. The molecule has 2 unspecified atom stereocenters. The predicted molar refractivity (Wildman–Crippen MR) is 75.9 cm³/mol. The Morgan fingerprint density at radius 1 is 1.33 bits per heavy atom. The topological polar surface area (TPSA) is 50.2 Å². The van der Waals surface area contributed by atoms with Gasteiger partial charge in [0.05, 0.1) is 14.6 Å². The third-order valence-corrected chi connectivity index (χ3v) is 5.49. The van der Waals surface area contributed by atoms with Crippen LogP contribution >= 0.6 is 0 Å². The monoisotopic (exact) mass is 323 g/mol. The molecule has 2 atom stereocenters. The van der Waals surface area contributed by atoms with Crippen LogP contribution in [0.25, 0.3) is 0 Å². The zero-order valence-electron chi connectivity index (χ0n) is 12.1. The molecule has 120 valence electrons. The summed E-state index contributed by atoms with van der Waals surface area (Å²) in [5, 5.41) is -0.412. The lowest BCUT2D eigenvalue weighted by Crippen LogP contribution is -2.19. The average molecular weight is 323 g/mol. The van der Waals surface area contributed by atoms with Gasteiger partial charge in [-0.3, -0.25) is 0 Å². The van der Waals surface area contributed by atoms with Crippen molar-refractivity contribution < 1.29 is 22.1 Å². The second kappa shape index (κ2) is 7.15. The first kappa shape index (κ1) is 17.8. The van der Waals surface area contributed by atoms with E-state index < -0.39 is 27.1 Å². The fourth-order valence-corrected chi connectivity index (χ4v) is 3.48. The molecule has 0 bridgehead atoms. The first-order valence-corrected chi connectivity index (χ1v) is 8.42. The normalized spacial score (nSPS) is 16.2. The molecule has 0 saturated carbocycles. The molecule has 0 heterocycles. The summed E-state index contributed by atoms with van der Waals surface area (Å²) < 4.78 is 60.9. The highest BCUT2D eigenvalue weighted by atomic mass is 32.2. The predicted octanol–water partition coefficient (Wildman–Crippen LogP) is 4.96. The van der Waals surface area contributed by atoms with Gasteiger partial charge in [0.1, 0.15) is 5.75 Å². The number of benzene rings is 1. The Kier molecular flexibility index (Phi) is 6.07. The van der Waals surface area contributed by atoms with Crippen LogP contribution in [0.1, 0.15) is 39.5 Å². The number of ether oxygens (including phenoxy) is 1. The van der Waals surface area contributed by atoms with Crippen molar-refractivity contribution in [3.05, 3.63) is 24.3 Å². The van der Waals surface area contributed by atoms with Crippen molar-refractivity contribution in [3.8, 4) is 5.75 Å². The largest absolute Gasteiger partial charge is 0.573 e. The molecule has 1 aromatic carbocycles. The van der Waals surface area contributed by atoms with E-state index in [2.05, 4.69) is 4.74 Å². The van der Waals surface area contributed by atoms with Crippen LogP contribution in [0.15, 0.2) is 29.2 Å². The number of unbranched alkanes of at least 4 members (excludes halogenated alkanes) is 2. The van der Waals surface area contributed by atoms with Crippen molar-refractivity contribution in [2.24, 2.45) is 0 Å². The maximum atomic E-state index is 12.5. The van der Waals surface area contributed by atoms with Crippen molar-refractivity contribution in [1.82, 2.24) is 0 Å². The van der Waals surface area contributed by atoms with Gasteiger partial charge in [-0.2, -0.15) is 0 Å². The van der Waals surface area contributed by atoms with Gasteiger partial charge >= 0.3 is 6.36 Å². The van der Waals surface area contributed by atoms with Gasteiger partial charge in [0.15, 0.2) is 0 Å². The highest BCUT2D eigenvalue weighted by molar-refractivity contribution is 7.93. The molecule has 7 heteroatoms. The fourth-order valence-electron chi connectivity index (χ4n) is 1.94. The maximum Gasteiger partial charge on any atom is 0.573 e. The molecule has 0 saturated heterocycles. The van der Waals surface area contributed by atoms with Crippen molar-refractivity contribution in [2.45, 2.75) is 56.0 Å². The Labute approximate surface area is 123 Å². The Balaban J connectivity index is 2.90. The van der Waals surface area contributed by atoms with Gasteiger partial charge in [0.2, 0.25) is 0 Å².